The maximum atomic E-state index is 5.89. The van der Waals surface area contributed by atoms with Gasteiger partial charge in [-0.15, -0.1) is 24.0 Å². The van der Waals surface area contributed by atoms with E-state index in [9.17, 15) is 0 Å². The van der Waals surface area contributed by atoms with E-state index < -0.39 is 0 Å². The molecule has 2 heterocycles. The van der Waals surface area contributed by atoms with Crippen LogP contribution < -0.4 is 10.6 Å². The first-order valence-electron chi connectivity index (χ1n) is 7.43. The van der Waals surface area contributed by atoms with Gasteiger partial charge in [0, 0.05) is 25.0 Å². The molecule has 3 rings (SSSR count). The summed E-state index contributed by atoms with van der Waals surface area (Å²) in [5.41, 5.74) is 2.06. The molecule has 0 saturated carbocycles. The molecule has 0 bridgehead atoms. The Labute approximate surface area is 157 Å². The highest BCUT2D eigenvalue weighted by molar-refractivity contribution is 14.0. The minimum Gasteiger partial charge on any atom is -0.459 e. The number of aliphatic imine (C=N–C) groups is 1. The van der Waals surface area contributed by atoms with Gasteiger partial charge >= 0.3 is 0 Å². The zero-order valence-corrected chi connectivity index (χ0v) is 16.2. The minimum atomic E-state index is 0. The Kier molecular flexibility index (Phi) is 6.18. The average Bonchev–Trinajstić information content (AvgIpc) is 3.12. The number of guanidine groups is 1. The summed E-state index contributed by atoms with van der Waals surface area (Å²) < 4.78 is 7.62. The molecular weight excluding hydrogens is 419 g/mol. The fourth-order valence-electron chi connectivity index (χ4n) is 2.42. The van der Waals surface area contributed by atoms with E-state index in [1.165, 1.54) is 6.33 Å². The van der Waals surface area contributed by atoms with Crippen LogP contribution in [0, 0.1) is 6.92 Å². The van der Waals surface area contributed by atoms with Crippen LogP contribution in [0.5, 0.6) is 0 Å². The number of hydrogen-bond acceptors (Lipinski definition) is 4. The fraction of sp³-hybridized carbons (Fsp3) is 0.312. The molecule has 24 heavy (non-hydrogen) atoms. The van der Waals surface area contributed by atoms with Gasteiger partial charge in [-0.3, -0.25) is 9.67 Å². The molecule has 0 atom stereocenters. The van der Waals surface area contributed by atoms with Gasteiger partial charge in [-0.05, 0) is 13.0 Å². The second kappa shape index (κ2) is 8.13. The van der Waals surface area contributed by atoms with Crippen molar-refractivity contribution in [3.8, 4) is 0 Å². The number of hydrogen-bond donors (Lipinski definition) is 2. The normalized spacial score (nSPS) is 11.4. The largest absolute Gasteiger partial charge is 0.459 e. The Bertz CT molecular complexity index is 838. The lowest BCUT2D eigenvalue weighted by molar-refractivity contribution is 0.534. The Balaban J connectivity index is 0.00000208. The van der Waals surface area contributed by atoms with Crippen molar-refractivity contribution in [1.82, 2.24) is 25.4 Å². The summed E-state index contributed by atoms with van der Waals surface area (Å²) in [5.74, 6) is 2.44. The maximum absolute atomic E-state index is 5.89. The third-order valence-corrected chi connectivity index (χ3v) is 3.80. The lowest BCUT2D eigenvalue weighted by Gasteiger charge is -2.10. The molecular formula is C16H21IN6O. The Morgan fingerprint density at radius 2 is 2.00 bits per heavy atom. The zero-order valence-electron chi connectivity index (χ0n) is 13.9. The van der Waals surface area contributed by atoms with Crippen LogP contribution in [0.15, 0.2) is 40.0 Å². The van der Waals surface area contributed by atoms with Crippen LogP contribution in [-0.4, -0.2) is 27.8 Å². The van der Waals surface area contributed by atoms with Gasteiger partial charge in [-0.2, -0.15) is 5.10 Å². The van der Waals surface area contributed by atoms with Gasteiger partial charge in [-0.25, -0.2) is 4.98 Å². The maximum Gasteiger partial charge on any atom is 0.191 e. The standard InChI is InChI=1S/C16H20N6O.HI/c1-11-12-6-4-5-7-13(12)23-14(11)8-18-16(17-2)19-9-15-20-10-21-22(15)3;/h4-7,10H,8-9H2,1-3H3,(H2,17,18,19);1H. The van der Waals surface area contributed by atoms with Crippen molar-refractivity contribution in [2.75, 3.05) is 7.05 Å². The second-order valence-corrected chi connectivity index (χ2v) is 5.23. The van der Waals surface area contributed by atoms with Gasteiger partial charge in [0.05, 0.1) is 13.1 Å². The monoisotopic (exact) mass is 440 g/mol. The van der Waals surface area contributed by atoms with E-state index in [0.29, 0.717) is 19.0 Å². The van der Waals surface area contributed by atoms with E-state index >= 15 is 0 Å². The van der Waals surface area contributed by atoms with Gasteiger partial charge < -0.3 is 15.1 Å². The highest BCUT2D eigenvalue weighted by Gasteiger charge is 2.10. The first-order chi connectivity index (χ1) is 11.2. The number of rotatable bonds is 4. The molecule has 7 nitrogen and oxygen atoms in total. The van der Waals surface area contributed by atoms with E-state index in [2.05, 4.69) is 38.7 Å². The van der Waals surface area contributed by atoms with Gasteiger partial charge in [0.1, 0.15) is 23.5 Å². The topological polar surface area (TPSA) is 80.3 Å². The number of aryl methyl sites for hydroxylation is 2. The highest BCUT2D eigenvalue weighted by atomic mass is 127. The molecule has 0 spiro atoms. The molecule has 0 saturated heterocycles. The summed E-state index contributed by atoms with van der Waals surface area (Å²) in [6.07, 6.45) is 1.53. The number of halogens is 1. The van der Waals surface area contributed by atoms with Crippen LogP contribution in [0.2, 0.25) is 0 Å². The molecule has 2 N–H and O–H groups in total. The van der Waals surface area contributed by atoms with E-state index in [0.717, 1.165) is 28.1 Å². The highest BCUT2D eigenvalue weighted by Crippen LogP contribution is 2.24. The van der Waals surface area contributed by atoms with Crippen molar-refractivity contribution in [2.45, 2.75) is 20.0 Å². The SMILES string of the molecule is CN=C(NCc1oc2ccccc2c1C)NCc1ncnn1C.I. The molecule has 8 heteroatoms. The van der Waals surface area contributed by atoms with Crippen molar-refractivity contribution < 1.29 is 4.42 Å². The summed E-state index contributed by atoms with van der Waals surface area (Å²) in [7, 11) is 3.59. The Morgan fingerprint density at radius 1 is 1.25 bits per heavy atom. The van der Waals surface area contributed by atoms with Crippen LogP contribution in [0.4, 0.5) is 0 Å². The fourth-order valence-corrected chi connectivity index (χ4v) is 2.42. The summed E-state index contributed by atoms with van der Waals surface area (Å²) in [4.78, 5) is 8.38. The number of nitrogens with zero attached hydrogens (tertiary/aromatic N) is 4. The number of nitrogens with one attached hydrogen (secondary N) is 2. The first-order valence-corrected chi connectivity index (χ1v) is 7.43. The summed E-state index contributed by atoms with van der Waals surface area (Å²) in [5, 5.41) is 11.7. The van der Waals surface area contributed by atoms with Crippen LogP contribution in [0.3, 0.4) is 0 Å². The molecule has 0 aliphatic carbocycles. The number of fused-ring (bicyclic) bond motifs is 1. The van der Waals surface area contributed by atoms with Gasteiger partial charge in [-0.1, -0.05) is 18.2 Å². The molecule has 0 unspecified atom stereocenters. The smallest absolute Gasteiger partial charge is 0.191 e. The van der Waals surface area contributed by atoms with E-state index in [1.807, 2.05) is 25.2 Å². The molecule has 0 amide bonds. The second-order valence-electron chi connectivity index (χ2n) is 5.23. The van der Waals surface area contributed by atoms with Gasteiger partial charge in [0.15, 0.2) is 5.96 Å². The summed E-state index contributed by atoms with van der Waals surface area (Å²) >= 11 is 0. The number of aromatic nitrogens is 3. The van der Waals surface area contributed by atoms with Crippen molar-refractivity contribution >= 4 is 40.9 Å². The van der Waals surface area contributed by atoms with Gasteiger partial charge in [0.2, 0.25) is 0 Å². The average molecular weight is 440 g/mol. The Morgan fingerprint density at radius 3 is 2.67 bits per heavy atom. The molecule has 1 aromatic carbocycles. The van der Waals surface area contributed by atoms with Crippen molar-refractivity contribution in [2.24, 2.45) is 12.0 Å². The number of furan rings is 1. The third kappa shape index (κ3) is 3.86. The van der Waals surface area contributed by atoms with Crippen molar-refractivity contribution in [3.63, 3.8) is 0 Å². The van der Waals surface area contributed by atoms with E-state index in [4.69, 9.17) is 4.42 Å². The number of para-hydroxylation sites is 1. The predicted molar refractivity (Wildman–Crippen MR) is 104 cm³/mol. The molecule has 0 aliphatic heterocycles. The summed E-state index contributed by atoms with van der Waals surface area (Å²) in [6.45, 7) is 3.19. The van der Waals surface area contributed by atoms with E-state index in [1.54, 1.807) is 11.7 Å². The molecule has 0 aliphatic rings. The number of benzene rings is 1. The van der Waals surface area contributed by atoms with Crippen LogP contribution in [0.1, 0.15) is 17.1 Å². The molecule has 0 radical (unpaired) electrons. The minimum absolute atomic E-state index is 0. The molecule has 3 aromatic rings. The van der Waals surface area contributed by atoms with Crippen molar-refractivity contribution in [1.29, 1.82) is 0 Å². The molecule has 128 valence electrons. The van der Waals surface area contributed by atoms with Crippen LogP contribution in [-0.2, 0) is 20.1 Å². The summed E-state index contributed by atoms with van der Waals surface area (Å²) in [6, 6.07) is 8.04. The van der Waals surface area contributed by atoms with E-state index in [-0.39, 0.29) is 24.0 Å². The molecule has 0 fully saturated rings. The van der Waals surface area contributed by atoms with Crippen molar-refractivity contribution in [3.05, 3.63) is 47.7 Å². The molecule has 2 aromatic heterocycles. The Hall–Kier alpha value is -2.10. The first kappa shape index (κ1) is 18.2. The van der Waals surface area contributed by atoms with Crippen LogP contribution >= 0.6 is 24.0 Å². The third-order valence-electron chi connectivity index (χ3n) is 3.80. The zero-order chi connectivity index (χ0) is 16.2. The van der Waals surface area contributed by atoms with Crippen LogP contribution in [0.25, 0.3) is 11.0 Å². The predicted octanol–water partition coefficient (Wildman–Crippen LogP) is 2.35. The quantitative estimate of drug-likeness (QED) is 0.370. The lowest BCUT2D eigenvalue weighted by atomic mass is 10.1. The lowest BCUT2D eigenvalue weighted by Crippen LogP contribution is -2.37. The van der Waals surface area contributed by atoms with Gasteiger partial charge in [0.25, 0.3) is 0 Å².